The van der Waals surface area contributed by atoms with Gasteiger partial charge in [-0.25, -0.2) is 22.3 Å². The summed E-state index contributed by atoms with van der Waals surface area (Å²) in [5.41, 5.74) is 0.781. The number of para-hydroxylation sites is 1. The first-order chi connectivity index (χ1) is 14.7. The van der Waals surface area contributed by atoms with E-state index in [-0.39, 0.29) is 11.3 Å². The monoisotopic (exact) mass is 444 g/mol. The van der Waals surface area contributed by atoms with Crippen LogP contribution in [0, 0.1) is 6.92 Å². The Balaban J connectivity index is 1.94. The van der Waals surface area contributed by atoms with Gasteiger partial charge in [0.25, 0.3) is 10.0 Å². The van der Waals surface area contributed by atoms with E-state index in [1.807, 2.05) is 19.1 Å². The third-order valence-corrected chi connectivity index (χ3v) is 7.96. The minimum atomic E-state index is -4.05. The van der Waals surface area contributed by atoms with E-state index in [4.69, 9.17) is 9.47 Å². The number of likely N-dealkylation sites (tertiary alicyclic amines) is 1. The van der Waals surface area contributed by atoms with Crippen LogP contribution in [0.1, 0.15) is 30.4 Å². The summed E-state index contributed by atoms with van der Waals surface area (Å²) in [6.45, 7) is 3.45. The molecule has 0 saturated carbocycles. The number of carbonyl (C=O) groups excluding carboxylic acids is 2. The number of ether oxygens (including phenoxy) is 2. The lowest BCUT2D eigenvalue weighted by Crippen LogP contribution is -2.59. The lowest BCUT2D eigenvalue weighted by molar-refractivity contribution is -0.152. The molecule has 0 aromatic heterocycles. The first-order valence-corrected chi connectivity index (χ1v) is 11.3. The molecule has 2 aliphatic heterocycles. The average Bonchev–Trinajstić information content (AvgIpc) is 3.23. The van der Waals surface area contributed by atoms with Crippen molar-refractivity contribution >= 4 is 27.8 Å². The highest BCUT2D eigenvalue weighted by atomic mass is 32.2. The van der Waals surface area contributed by atoms with Crippen LogP contribution in [0.4, 0.5) is 10.5 Å². The fraction of sp³-hybridized carbons (Fsp3) is 0.364. The number of rotatable bonds is 3. The minimum Gasteiger partial charge on any atom is -0.467 e. The molecule has 0 N–H and O–H groups in total. The number of aryl methyl sites for hydroxylation is 1. The maximum absolute atomic E-state index is 13.8. The smallest absolute Gasteiger partial charge is 0.412 e. The van der Waals surface area contributed by atoms with Gasteiger partial charge >= 0.3 is 12.1 Å². The number of carbonyl (C=O) groups is 2. The van der Waals surface area contributed by atoms with Gasteiger partial charge in [0.1, 0.15) is 11.7 Å². The molecule has 4 rings (SSSR count). The largest absolute Gasteiger partial charge is 0.467 e. The van der Waals surface area contributed by atoms with Crippen molar-refractivity contribution in [2.24, 2.45) is 0 Å². The van der Waals surface area contributed by atoms with Crippen LogP contribution in [0.5, 0.6) is 0 Å². The van der Waals surface area contributed by atoms with Crippen molar-refractivity contribution in [1.29, 1.82) is 0 Å². The Morgan fingerprint density at radius 3 is 2.29 bits per heavy atom. The Bertz CT molecular complexity index is 1150. The van der Waals surface area contributed by atoms with Crippen LogP contribution in [0.3, 0.4) is 0 Å². The number of esters is 1. The van der Waals surface area contributed by atoms with Crippen molar-refractivity contribution in [3.8, 4) is 0 Å². The normalized spacial score (nSPS) is 24.5. The zero-order chi connectivity index (χ0) is 22.6. The van der Waals surface area contributed by atoms with Gasteiger partial charge in [-0.3, -0.25) is 4.90 Å². The van der Waals surface area contributed by atoms with Crippen molar-refractivity contribution < 1.29 is 27.5 Å². The predicted octanol–water partition coefficient (Wildman–Crippen LogP) is 3.02. The highest BCUT2D eigenvalue weighted by Crippen LogP contribution is 2.55. The Morgan fingerprint density at radius 1 is 1.03 bits per heavy atom. The molecule has 0 radical (unpaired) electrons. The molecular weight excluding hydrogens is 420 g/mol. The quantitative estimate of drug-likeness (QED) is 0.676. The standard InChI is InChI=1S/C22H24N2O6S/c1-14-9-11-15(12-10-14)31(27,28)24-18-8-6-5-7-16(18)17-13-22(2,20(25)29-3)23(19(17)24)21(26)30-4/h5-12,17,19H,13H2,1-4H3/t17-,19+,22-/m1/s1. The number of anilines is 1. The molecule has 8 nitrogen and oxygen atoms in total. The van der Waals surface area contributed by atoms with Gasteiger partial charge in [-0.1, -0.05) is 35.9 Å². The summed E-state index contributed by atoms with van der Waals surface area (Å²) in [5.74, 6) is -1.04. The minimum absolute atomic E-state index is 0.102. The molecule has 1 amide bonds. The Morgan fingerprint density at radius 2 is 1.68 bits per heavy atom. The molecule has 2 aliphatic rings. The molecule has 2 heterocycles. The van der Waals surface area contributed by atoms with Crippen molar-refractivity contribution in [2.45, 2.75) is 42.8 Å². The Labute approximate surface area is 181 Å². The molecule has 1 fully saturated rings. The van der Waals surface area contributed by atoms with Crippen LogP contribution < -0.4 is 4.31 Å². The van der Waals surface area contributed by atoms with Crippen molar-refractivity contribution in [1.82, 2.24) is 4.90 Å². The second kappa shape index (κ2) is 7.26. The van der Waals surface area contributed by atoms with E-state index in [0.717, 1.165) is 11.1 Å². The van der Waals surface area contributed by atoms with E-state index in [0.29, 0.717) is 5.69 Å². The number of sulfonamides is 1. The second-order valence-electron chi connectivity index (χ2n) is 8.00. The molecule has 0 aliphatic carbocycles. The van der Waals surface area contributed by atoms with Gasteiger partial charge in [-0.15, -0.1) is 0 Å². The van der Waals surface area contributed by atoms with Crippen LogP contribution in [0.25, 0.3) is 0 Å². The summed E-state index contributed by atoms with van der Waals surface area (Å²) in [4.78, 5) is 26.9. The highest BCUT2D eigenvalue weighted by molar-refractivity contribution is 7.92. The number of nitrogens with zero attached hydrogens (tertiary/aromatic N) is 2. The molecule has 31 heavy (non-hydrogen) atoms. The van der Waals surface area contributed by atoms with E-state index in [2.05, 4.69) is 0 Å². The summed E-state index contributed by atoms with van der Waals surface area (Å²) < 4.78 is 38.8. The third kappa shape index (κ3) is 2.98. The topological polar surface area (TPSA) is 93.2 Å². The molecule has 2 aromatic rings. The third-order valence-electron chi connectivity index (χ3n) is 6.16. The fourth-order valence-corrected chi connectivity index (χ4v) is 6.35. The molecule has 0 bridgehead atoms. The molecular formula is C22H24N2O6S. The summed E-state index contributed by atoms with van der Waals surface area (Å²) >= 11 is 0. The molecule has 0 unspecified atom stereocenters. The lowest BCUT2D eigenvalue weighted by Gasteiger charge is -2.38. The number of methoxy groups -OCH3 is 2. The van der Waals surface area contributed by atoms with E-state index in [9.17, 15) is 18.0 Å². The molecule has 3 atom stereocenters. The van der Waals surface area contributed by atoms with Crippen LogP contribution in [0.15, 0.2) is 53.4 Å². The number of hydrogen-bond acceptors (Lipinski definition) is 6. The van der Waals surface area contributed by atoms with Gasteiger partial charge in [0, 0.05) is 5.92 Å². The number of hydrogen-bond donors (Lipinski definition) is 0. The highest BCUT2D eigenvalue weighted by Gasteiger charge is 2.63. The average molecular weight is 445 g/mol. The van der Waals surface area contributed by atoms with Crippen molar-refractivity contribution in [2.75, 3.05) is 18.5 Å². The maximum Gasteiger partial charge on any atom is 0.412 e. The fourth-order valence-electron chi connectivity index (χ4n) is 4.69. The Hall–Kier alpha value is -3.07. The SMILES string of the molecule is COC(=O)N1[C@@H]2[C@H](C[C@]1(C)C(=O)OC)c1ccccc1N2S(=O)(=O)c1ccc(C)cc1. The van der Waals surface area contributed by atoms with Crippen molar-refractivity contribution in [3.63, 3.8) is 0 Å². The van der Waals surface area contributed by atoms with Gasteiger partial charge in [0.05, 0.1) is 24.8 Å². The molecule has 2 aromatic carbocycles. The van der Waals surface area contributed by atoms with E-state index >= 15 is 0 Å². The molecule has 9 heteroatoms. The number of benzene rings is 2. The molecule has 0 spiro atoms. The van der Waals surface area contributed by atoms with E-state index in [1.165, 1.54) is 35.6 Å². The van der Waals surface area contributed by atoms with Crippen LogP contribution in [0.2, 0.25) is 0 Å². The first kappa shape index (κ1) is 21.2. The predicted molar refractivity (Wildman–Crippen MR) is 113 cm³/mol. The molecule has 164 valence electrons. The summed E-state index contributed by atoms with van der Waals surface area (Å²) in [5, 5.41) is 0. The van der Waals surface area contributed by atoms with E-state index in [1.54, 1.807) is 31.2 Å². The maximum atomic E-state index is 13.8. The van der Waals surface area contributed by atoms with Crippen molar-refractivity contribution in [3.05, 3.63) is 59.7 Å². The van der Waals surface area contributed by atoms with Crippen LogP contribution in [-0.2, 0) is 24.3 Å². The lowest BCUT2D eigenvalue weighted by atomic mass is 9.90. The Kier molecular flexibility index (Phi) is 4.96. The summed E-state index contributed by atoms with van der Waals surface area (Å²) in [6.07, 6.45) is -1.55. The first-order valence-electron chi connectivity index (χ1n) is 9.82. The second-order valence-corrected chi connectivity index (χ2v) is 9.82. The van der Waals surface area contributed by atoms with Gasteiger partial charge in [-0.05, 0) is 44.0 Å². The van der Waals surface area contributed by atoms with Gasteiger partial charge < -0.3 is 9.47 Å². The number of fused-ring (bicyclic) bond motifs is 3. The van der Waals surface area contributed by atoms with E-state index < -0.39 is 39.7 Å². The summed E-state index contributed by atoms with van der Waals surface area (Å²) in [7, 11) is -1.60. The van der Waals surface area contributed by atoms with Gasteiger partial charge in [-0.2, -0.15) is 0 Å². The number of amides is 1. The molecule has 1 saturated heterocycles. The summed E-state index contributed by atoms with van der Waals surface area (Å²) in [6, 6.07) is 13.6. The zero-order valence-corrected chi connectivity index (χ0v) is 18.5. The van der Waals surface area contributed by atoms with Crippen LogP contribution >= 0.6 is 0 Å². The van der Waals surface area contributed by atoms with Crippen LogP contribution in [-0.4, -0.2) is 51.3 Å². The van der Waals surface area contributed by atoms with Gasteiger partial charge in [0.2, 0.25) is 0 Å². The zero-order valence-electron chi connectivity index (χ0n) is 17.7. The van der Waals surface area contributed by atoms with Gasteiger partial charge in [0.15, 0.2) is 0 Å².